The average Bonchev–Trinajstić information content (AvgIpc) is 2.67. The van der Waals surface area contributed by atoms with Gasteiger partial charge in [-0.25, -0.2) is 4.79 Å². The fraction of sp³-hybridized carbons (Fsp3) is 0.478. The number of aromatic nitrogens is 1. The first kappa shape index (κ1) is 18.9. The number of para-hydroxylation sites is 1. The highest BCUT2D eigenvalue weighted by molar-refractivity contribution is 5.93. The number of benzene rings is 1. The van der Waals surface area contributed by atoms with Gasteiger partial charge < -0.3 is 10.2 Å². The van der Waals surface area contributed by atoms with Gasteiger partial charge in [-0.3, -0.25) is 9.88 Å². The number of urea groups is 1. The van der Waals surface area contributed by atoms with Crippen LogP contribution in [0.25, 0.3) is 0 Å². The Hall–Kier alpha value is -2.40. The number of hydrogen-bond donors (Lipinski definition) is 1. The summed E-state index contributed by atoms with van der Waals surface area (Å²) in [4.78, 5) is 22.2. The minimum Gasteiger partial charge on any atom is -0.314 e. The van der Waals surface area contributed by atoms with E-state index >= 15 is 0 Å². The number of fused-ring (bicyclic) bond motifs is 1. The number of carbonyl (C=O) groups is 1. The summed E-state index contributed by atoms with van der Waals surface area (Å²) in [6, 6.07) is 14.9. The number of piperidine rings is 1. The van der Waals surface area contributed by atoms with Crippen molar-refractivity contribution in [1.82, 2.24) is 14.8 Å². The van der Waals surface area contributed by atoms with Gasteiger partial charge >= 0.3 is 6.03 Å². The van der Waals surface area contributed by atoms with Crippen LogP contribution in [-0.2, 0) is 6.54 Å². The molecule has 0 saturated carbocycles. The number of carbonyl (C=O) groups excluding carboxylic acids is 1. The minimum absolute atomic E-state index is 0.0520. The van der Waals surface area contributed by atoms with Crippen molar-refractivity contribution in [2.24, 2.45) is 5.92 Å². The average molecular weight is 379 g/mol. The molecule has 2 aliphatic heterocycles. The van der Waals surface area contributed by atoms with Crippen molar-refractivity contribution in [1.29, 1.82) is 0 Å². The van der Waals surface area contributed by atoms with Crippen LogP contribution in [0, 0.1) is 12.8 Å². The smallest absolute Gasteiger partial charge is 0.314 e. The van der Waals surface area contributed by atoms with E-state index in [1.165, 1.54) is 5.56 Å². The Kier molecular flexibility index (Phi) is 5.36. The molecule has 1 N–H and O–H groups in total. The normalized spacial score (nSPS) is 20.9. The van der Waals surface area contributed by atoms with Gasteiger partial charge in [0, 0.05) is 37.1 Å². The van der Waals surface area contributed by atoms with Crippen LogP contribution in [0.4, 0.5) is 10.5 Å². The Bertz CT molecular complexity index is 842. The molecular weight excluding hydrogens is 348 g/mol. The van der Waals surface area contributed by atoms with Gasteiger partial charge in [0.1, 0.15) is 0 Å². The molecule has 1 atom stereocenters. The van der Waals surface area contributed by atoms with Crippen molar-refractivity contribution in [3.05, 3.63) is 59.4 Å². The van der Waals surface area contributed by atoms with E-state index in [0.717, 1.165) is 49.6 Å². The summed E-state index contributed by atoms with van der Waals surface area (Å²) in [7, 11) is 0. The second-order valence-corrected chi connectivity index (χ2v) is 8.39. The SMILES string of the molecule is Cc1cccc(CN2CCC(N3C(=O)Nc4ccccc4C3C(C)C)CC2)n1. The van der Waals surface area contributed by atoms with E-state index in [1.54, 1.807) is 0 Å². The molecule has 1 saturated heterocycles. The highest BCUT2D eigenvalue weighted by Crippen LogP contribution is 2.40. The summed E-state index contributed by atoms with van der Waals surface area (Å²) in [5.41, 5.74) is 4.40. The van der Waals surface area contributed by atoms with E-state index in [-0.39, 0.29) is 18.1 Å². The molecule has 1 aromatic heterocycles. The molecule has 2 aliphatic rings. The van der Waals surface area contributed by atoms with Crippen LogP contribution in [0.3, 0.4) is 0 Å². The molecule has 5 heteroatoms. The van der Waals surface area contributed by atoms with Crippen LogP contribution in [0.2, 0.25) is 0 Å². The van der Waals surface area contributed by atoms with Crippen molar-refractivity contribution in [3.8, 4) is 0 Å². The fourth-order valence-corrected chi connectivity index (χ4v) is 4.67. The fourth-order valence-electron chi connectivity index (χ4n) is 4.67. The summed E-state index contributed by atoms with van der Waals surface area (Å²) in [5.74, 6) is 0.377. The predicted molar refractivity (Wildman–Crippen MR) is 112 cm³/mol. The second-order valence-electron chi connectivity index (χ2n) is 8.39. The summed E-state index contributed by atoms with van der Waals surface area (Å²) < 4.78 is 0. The molecule has 0 spiro atoms. The monoisotopic (exact) mass is 378 g/mol. The lowest BCUT2D eigenvalue weighted by molar-refractivity contribution is 0.0800. The van der Waals surface area contributed by atoms with Crippen LogP contribution in [0.5, 0.6) is 0 Å². The molecule has 2 amide bonds. The third-order valence-electron chi connectivity index (χ3n) is 5.97. The Morgan fingerprint density at radius 3 is 2.57 bits per heavy atom. The Balaban J connectivity index is 1.47. The quantitative estimate of drug-likeness (QED) is 0.846. The molecule has 0 radical (unpaired) electrons. The first-order valence-electron chi connectivity index (χ1n) is 10.4. The molecule has 0 bridgehead atoms. The van der Waals surface area contributed by atoms with Crippen molar-refractivity contribution in [2.75, 3.05) is 18.4 Å². The van der Waals surface area contributed by atoms with Crippen LogP contribution < -0.4 is 5.32 Å². The minimum atomic E-state index is 0.0520. The van der Waals surface area contributed by atoms with Gasteiger partial charge in [0.25, 0.3) is 0 Å². The topological polar surface area (TPSA) is 48.5 Å². The lowest BCUT2D eigenvalue weighted by atomic mass is 9.88. The lowest BCUT2D eigenvalue weighted by Gasteiger charge is -2.46. The zero-order chi connectivity index (χ0) is 19.7. The highest BCUT2D eigenvalue weighted by atomic mass is 16.2. The van der Waals surface area contributed by atoms with Crippen molar-refractivity contribution >= 4 is 11.7 Å². The van der Waals surface area contributed by atoms with E-state index in [9.17, 15) is 4.79 Å². The van der Waals surface area contributed by atoms with E-state index < -0.39 is 0 Å². The molecule has 1 fully saturated rings. The van der Waals surface area contributed by atoms with E-state index in [1.807, 2.05) is 25.1 Å². The number of amides is 2. The Morgan fingerprint density at radius 1 is 1.11 bits per heavy atom. The first-order chi connectivity index (χ1) is 13.5. The number of hydrogen-bond acceptors (Lipinski definition) is 3. The Morgan fingerprint density at radius 2 is 1.86 bits per heavy atom. The molecule has 1 aromatic carbocycles. The molecule has 1 unspecified atom stereocenters. The first-order valence-corrected chi connectivity index (χ1v) is 10.4. The molecule has 4 rings (SSSR count). The van der Waals surface area contributed by atoms with Gasteiger partial charge in [0.2, 0.25) is 0 Å². The number of aryl methyl sites for hydroxylation is 1. The van der Waals surface area contributed by atoms with Gasteiger partial charge in [-0.1, -0.05) is 38.1 Å². The maximum absolute atomic E-state index is 13.0. The number of pyridine rings is 1. The van der Waals surface area contributed by atoms with Crippen LogP contribution in [0.15, 0.2) is 42.5 Å². The molecule has 28 heavy (non-hydrogen) atoms. The van der Waals surface area contributed by atoms with E-state index in [0.29, 0.717) is 5.92 Å². The van der Waals surface area contributed by atoms with E-state index in [4.69, 9.17) is 0 Å². The summed E-state index contributed by atoms with van der Waals surface area (Å²) in [5, 5.41) is 3.11. The highest BCUT2D eigenvalue weighted by Gasteiger charge is 2.39. The van der Waals surface area contributed by atoms with Crippen LogP contribution >= 0.6 is 0 Å². The summed E-state index contributed by atoms with van der Waals surface area (Å²) in [6.07, 6.45) is 2.01. The molecule has 3 heterocycles. The Labute approximate surface area is 167 Å². The number of nitrogens with one attached hydrogen (secondary N) is 1. The largest absolute Gasteiger partial charge is 0.322 e. The zero-order valence-corrected chi connectivity index (χ0v) is 17.1. The van der Waals surface area contributed by atoms with E-state index in [2.05, 4.69) is 58.2 Å². The summed E-state index contributed by atoms with van der Waals surface area (Å²) >= 11 is 0. The van der Waals surface area contributed by atoms with Crippen LogP contribution in [0.1, 0.15) is 49.7 Å². The van der Waals surface area contributed by atoms with Gasteiger partial charge in [0.15, 0.2) is 0 Å². The maximum Gasteiger partial charge on any atom is 0.322 e. The third-order valence-corrected chi connectivity index (χ3v) is 5.97. The van der Waals surface area contributed by atoms with Crippen LogP contribution in [-0.4, -0.2) is 39.9 Å². The number of likely N-dealkylation sites (tertiary alicyclic amines) is 1. The van der Waals surface area contributed by atoms with Gasteiger partial charge in [0.05, 0.1) is 11.7 Å². The molecular formula is C23H30N4O. The van der Waals surface area contributed by atoms with Gasteiger partial charge in [-0.15, -0.1) is 0 Å². The van der Waals surface area contributed by atoms with Gasteiger partial charge in [-0.2, -0.15) is 0 Å². The number of anilines is 1. The van der Waals surface area contributed by atoms with Crippen molar-refractivity contribution in [3.63, 3.8) is 0 Å². The zero-order valence-electron chi connectivity index (χ0n) is 17.1. The van der Waals surface area contributed by atoms with Crippen molar-refractivity contribution < 1.29 is 4.79 Å². The summed E-state index contributed by atoms with van der Waals surface area (Å²) in [6.45, 7) is 9.34. The van der Waals surface area contributed by atoms with Gasteiger partial charge in [-0.05, 0) is 49.4 Å². The lowest BCUT2D eigenvalue weighted by Crippen LogP contribution is -2.53. The molecule has 0 aliphatic carbocycles. The second kappa shape index (κ2) is 7.92. The standard InChI is InChI=1S/C23H30N4O/c1-16(2)22-20-9-4-5-10-21(20)25-23(28)27(22)19-11-13-26(14-12-19)15-18-8-6-7-17(3)24-18/h4-10,16,19,22H,11-15H2,1-3H3,(H,25,28). The maximum atomic E-state index is 13.0. The number of rotatable bonds is 4. The molecule has 2 aromatic rings. The predicted octanol–water partition coefficient (Wildman–Crippen LogP) is 4.60. The van der Waals surface area contributed by atoms with Crippen molar-refractivity contribution in [2.45, 2.75) is 52.2 Å². The molecule has 148 valence electrons. The number of nitrogens with zero attached hydrogens (tertiary/aromatic N) is 3. The molecule has 5 nitrogen and oxygen atoms in total. The third kappa shape index (κ3) is 3.76.